The molecule has 0 aromatic heterocycles. The Labute approximate surface area is 131 Å². The summed E-state index contributed by atoms with van der Waals surface area (Å²) < 4.78 is 18.5. The van der Waals surface area contributed by atoms with E-state index in [1.54, 1.807) is 12.1 Å². The first-order chi connectivity index (χ1) is 10.4. The lowest BCUT2D eigenvalue weighted by Crippen LogP contribution is -2.63. The van der Waals surface area contributed by atoms with Crippen LogP contribution in [-0.2, 0) is 9.53 Å². The highest BCUT2D eigenvalue weighted by molar-refractivity contribution is 7.99. The van der Waals surface area contributed by atoms with Gasteiger partial charge in [0.25, 0.3) is 0 Å². The van der Waals surface area contributed by atoms with E-state index in [4.69, 9.17) is 4.74 Å². The van der Waals surface area contributed by atoms with E-state index in [1.807, 2.05) is 0 Å². The number of aliphatic hydroxyl groups is 3. The van der Waals surface area contributed by atoms with Crippen LogP contribution in [0, 0.1) is 5.82 Å². The Morgan fingerprint density at radius 1 is 1.32 bits per heavy atom. The lowest BCUT2D eigenvalue weighted by Gasteiger charge is -2.42. The number of carbonyl (C=O) groups excluding carboxylic acids is 1. The largest absolute Gasteiger partial charge is 0.394 e. The molecule has 0 aliphatic carbocycles. The summed E-state index contributed by atoms with van der Waals surface area (Å²) in [7, 11) is 0. The first kappa shape index (κ1) is 17.2. The van der Waals surface area contributed by atoms with Crippen LogP contribution in [0.4, 0.5) is 4.39 Å². The van der Waals surface area contributed by atoms with Crippen LogP contribution < -0.4 is 5.32 Å². The van der Waals surface area contributed by atoms with Gasteiger partial charge < -0.3 is 25.4 Å². The first-order valence-corrected chi connectivity index (χ1v) is 7.62. The summed E-state index contributed by atoms with van der Waals surface area (Å²) in [6.07, 6.45) is -3.56. The number of carbonyl (C=O) groups is 1. The molecule has 8 heteroatoms. The molecule has 1 amide bonds. The van der Waals surface area contributed by atoms with Crippen LogP contribution in [0.25, 0.3) is 0 Å². The van der Waals surface area contributed by atoms with Crippen LogP contribution in [0.3, 0.4) is 0 Å². The zero-order valence-electron chi connectivity index (χ0n) is 11.8. The minimum Gasteiger partial charge on any atom is -0.394 e. The van der Waals surface area contributed by atoms with Crippen LogP contribution in [0.2, 0.25) is 0 Å². The number of hydrogen-bond acceptors (Lipinski definition) is 6. The zero-order valence-corrected chi connectivity index (χ0v) is 12.7. The van der Waals surface area contributed by atoms with Gasteiger partial charge in [-0.05, 0) is 24.3 Å². The number of ether oxygens (including phenoxy) is 1. The fourth-order valence-corrected chi connectivity index (χ4v) is 3.35. The zero-order chi connectivity index (χ0) is 16.3. The highest BCUT2D eigenvalue weighted by Gasteiger charge is 2.45. The third-order valence-corrected chi connectivity index (χ3v) is 4.50. The number of hydrogen-bond donors (Lipinski definition) is 4. The Morgan fingerprint density at radius 2 is 1.95 bits per heavy atom. The van der Waals surface area contributed by atoms with Gasteiger partial charge in [-0.2, -0.15) is 0 Å². The van der Waals surface area contributed by atoms with Gasteiger partial charge in [-0.15, -0.1) is 0 Å². The summed E-state index contributed by atoms with van der Waals surface area (Å²) >= 11 is 1.16. The van der Waals surface area contributed by atoms with E-state index in [0.29, 0.717) is 4.90 Å². The van der Waals surface area contributed by atoms with Crippen LogP contribution in [-0.4, -0.2) is 57.6 Å². The highest BCUT2D eigenvalue weighted by atomic mass is 32.2. The average molecular weight is 331 g/mol. The van der Waals surface area contributed by atoms with Crippen molar-refractivity contribution in [3.63, 3.8) is 0 Å². The van der Waals surface area contributed by atoms with E-state index < -0.39 is 36.4 Å². The van der Waals surface area contributed by atoms with Crippen molar-refractivity contribution in [3.05, 3.63) is 30.1 Å². The molecule has 2 rings (SSSR count). The minimum absolute atomic E-state index is 0.379. The topological polar surface area (TPSA) is 99.0 Å². The Morgan fingerprint density at radius 3 is 2.50 bits per heavy atom. The molecule has 1 fully saturated rings. The van der Waals surface area contributed by atoms with Crippen LogP contribution in [0.5, 0.6) is 0 Å². The van der Waals surface area contributed by atoms with Crippen molar-refractivity contribution in [2.45, 2.75) is 41.6 Å². The maximum absolute atomic E-state index is 12.9. The SMILES string of the molecule is CC(=O)N[C@H]1[C@H](O)[C@@H](O)[C@@H](CO)O[C@H]1Sc1ccc(F)cc1. The molecule has 1 saturated heterocycles. The van der Waals surface area contributed by atoms with Crippen LogP contribution in [0.15, 0.2) is 29.2 Å². The summed E-state index contributed by atoms with van der Waals surface area (Å²) in [5.74, 6) is -0.761. The van der Waals surface area contributed by atoms with Gasteiger partial charge >= 0.3 is 0 Å². The molecular formula is C14H18FNO5S. The second kappa shape index (κ2) is 7.38. The van der Waals surface area contributed by atoms with Crippen molar-refractivity contribution in [1.82, 2.24) is 5.32 Å². The van der Waals surface area contributed by atoms with Gasteiger partial charge in [0, 0.05) is 11.8 Å². The third-order valence-electron chi connectivity index (χ3n) is 3.32. The van der Waals surface area contributed by atoms with Gasteiger partial charge in [-0.1, -0.05) is 11.8 Å². The second-order valence-electron chi connectivity index (χ2n) is 5.00. The molecule has 6 nitrogen and oxygen atoms in total. The molecule has 1 aliphatic heterocycles. The fraction of sp³-hybridized carbons (Fsp3) is 0.500. The maximum Gasteiger partial charge on any atom is 0.217 e. The van der Waals surface area contributed by atoms with Gasteiger partial charge in [0.1, 0.15) is 29.6 Å². The Bertz CT molecular complexity index is 514. The molecule has 1 heterocycles. The van der Waals surface area contributed by atoms with Gasteiger partial charge in [-0.3, -0.25) is 4.79 Å². The molecule has 22 heavy (non-hydrogen) atoms. The standard InChI is InChI=1S/C14H18FNO5S/c1-7(18)16-11-13(20)12(19)10(6-17)21-14(11)22-9-4-2-8(15)3-5-9/h2-5,10-14,17,19-20H,6H2,1H3,(H,16,18)/t10-,11+,12+,13+,14+/m1/s1. The van der Waals surface area contributed by atoms with Crippen molar-refractivity contribution in [2.24, 2.45) is 0 Å². The highest BCUT2D eigenvalue weighted by Crippen LogP contribution is 2.33. The van der Waals surface area contributed by atoms with E-state index >= 15 is 0 Å². The van der Waals surface area contributed by atoms with Crippen molar-refractivity contribution >= 4 is 17.7 Å². The Balaban J connectivity index is 2.18. The molecule has 4 N–H and O–H groups in total. The van der Waals surface area contributed by atoms with Gasteiger partial charge in [0.05, 0.1) is 12.6 Å². The number of aliphatic hydroxyl groups excluding tert-OH is 3. The quantitative estimate of drug-likeness (QED) is 0.613. The van der Waals surface area contributed by atoms with E-state index in [0.717, 1.165) is 11.8 Å². The van der Waals surface area contributed by atoms with Crippen molar-refractivity contribution in [2.75, 3.05) is 6.61 Å². The van der Waals surface area contributed by atoms with Crippen LogP contribution in [0.1, 0.15) is 6.92 Å². The molecule has 5 atom stereocenters. The molecule has 0 bridgehead atoms. The van der Waals surface area contributed by atoms with E-state index in [1.165, 1.54) is 19.1 Å². The molecule has 0 unspecified atom stereocenters. The molecule has 0 saturated carbocycles. The molecule has 1 aromatic rings. The molecular weight excluding hydrogens is 313 g/mol. The Kier molecular flexibility index (Phi) is 5.76. The lowest BCUT2D eigenvalue weighted by molar-refractivity contribution is -0.173. The second-order valence-corrected chi connectivity index (χ2v) is 6.18. The van der Waals surface area contributed by atoms with Crippen molar-refractivity contribution < 1.29 is 29.2 Å². The average Bonchev–Trinajstić information content (AvgIpc) is 2.48. The smallest absolute Gasteiger partial charge is 0.217 e. The van der Waals surface area contributed by atoms with Crippen LogP contribution >= 0.6 is 11.8 Å². The monoisotopic (exact) mass is 331 g/mol. The molecule has 0 radical (unpaired) electrons. The van der Waals surface area contributed by atoms with Crippen molar-refractivity contribution in [1.29, 1.82) is 0 Å². The normalized spacial score (nSPS) is 31.8. The first-order valence-electron chi connectivity index (χ1n) is 6.74. The van der Waals surface area contributed by atoms with E-state index in [9.17, 15) is 24.5 Å². The summed E-state index contributed by atoms with van der Waals surface area (Å²) in [6, 6.07) is 4.80. The summed E-state index contributed by atoms with van der Waals surface area (Å²) in [5, 5.41) is 31.8. The maximum atomic E-state index is 12.9. The molecule has 1 aromatic carbocycles. The van der Waals surface area contributed by atoms with Gasteiger partial charge in [0.2, 0.25) is 5.91 Å². The lowest BCUT2D eigenvalue weighted by atomic mass is 9.98. The Hall–Kier alpha value is -1.19. The molecule has 122 valence electrons. The summed E-state index contributed by atoms with van der Waals surface area (Å²) in [4.78, 5) is 12.0. The number of benzene rings is 1. The number of halogens is 1. The summed E-state index contributed by atoms with van der Waals surface area (Å²) in [6.45, 7) is 0.822. The molecule has 0 spiro atoms. The van der Waals surface area contributed by atoms with Gasteiger partial charge in [-0.25, -0.2) is 4.39 Å². The molecule has 1 aliphatic rings. The predicted molar refractivity (Wildman–Crippen MR) is 77.6 cm³/mol. The fourth-order valence-electron chi connectivity index (χ4n) is 2.22. The number of amides is 1. The number of rotatable bonds is 4. The van der Waals surface area contributed by atoms with E-state index in [2.05, 4.69) is 5.32 Å². The summed E-state index contributed by atoms with van der Waals surface area (Å²) in [5.41, 5.74) is -0.732. The van der Waals surface area contributed by atoms with E-state index in [-0.39, 0.29) is 11.7 Å². The number of thioether (sulfide) groups is 1. The van der Waals surface area contributed by atoms with Crippen molar-refractivity contribution in [3.8, 4) is 0 Å². The minimum atomic E-state index is -1.31. The third kappa shape index (κ3) is 3.96. The predicted octanol–water partition coefficient (Wildman–Crippen LogP) is -0.139. The number of nitrogens with one attached hydrogen (secondary N) is 1. The van der Waals surface area contributed by atoms with Gasteiger partial charge in [0.15, 0.2) is 0 Å².